The number of carbonyl (C=O) groups is 2. The van der Waals surface area contributed by atoms with E-state index in [4.69, 9.17) is 46.2 Å². The van der Waals surface area contributed by atoms with E-state index >= 15 is 0 Å². The Bertz CT molecular complexity index is 3060. The lowest BCUT2D eigenvalue weighted by Gasteiger charge is -2.19. The van der Waals surface area contributed by atoms with E-state index in [0.717, 1.165) is 0 Å². The molecule has 0 aliphatic carbocycles. The fraction of sp³-hybridized carbons (Fsp3) is 0.273. The highest BCUT2D eigenvalue weighted by molar-refractivity contribution is 7.91. The number of hydrogen-bond acceptors (Lipinski definition) is 13. The molecule has 0 atom stereocenters. The molecule has 6 aromatic rings. The van der Waals surface area contributed by atoms with Crippen molar-refractivity contribution in [2.75, 3.05) is 9.44 Å². The predicted octanol–water partition coefficient (Wildman–Crippen LogP) is 9.48. The van der Waals surface area contributed by atoms with E-state index in [2.05, 4.69) is 9.44 Å². The van der Waals surface area contributed by atoms with Crippen LogP contribution in [0.4, 0.5) is 29.7 Å². The summed E-state index contributed by atoms with van der Waals surface area (Å²) in [5, 5.41) is 0.0601. The first kappa shape index (κ1) is 50.0. The minimum absolute atomic E-state index is 0.0160. The minimum atomic E-state index is -4.43. The molecule has 0 saturated carbocycles. The Labute approximate surface area is 392 Å². The Morgan fingerprint density at radius 3 is 1.31 bits per heavy atom. The number of halogens is 4. The number of alkyl halides is 2. The Morgan fingerprint density at radius 2 is 0.970 bits per heavy atom. The van der Waals surface area contributed by atoms with Crippen molar-refractivity contribution >= 4 is 89.1 Å². The molecule has 4 aromatic carbocycles. The van der Waals surface area contributed by atoms with Gasteiger partial charge < -0.3 is 23.0 Å². The third kappa shape index (κ3) is 12.9. The van der Waals surface area contributed by atoms with Gasteiger partial charge in [-0.1, -0.05) is 47.5 Å². The Kier molecular flexibility index (Phi) is 14.5. The van der Waals surface area contributed by atoms with Gasteiger partial charge in [-0.25, -0.2) is 37.4 Å². The predicted molar refractivity (Wildman–Crippen MR) is 247 cm³/mol. The third-order valence-electron chi connectivity index (χ3n) is 9.19. The lowest BCUT2D eigenvalue weighted by Crippen LogP contribution is -2.39. The maximum atomic E-state index is 14.8. The number of rotatable bonds is 14. The van der Waals surface area contributed by atoms with Gasteiger partial charge in [0.1, 0.15) is 47.2 Å². The van der Waals surface area contributed by atoms with Gasteiger partial charge in [-0.2, -0.15) is 16.8 Å². The molecule has 23 heteroatoms. The highest BCUT2D eigenvalue weighted by Gasteiger charge is 2.25. The number of anilines is 2. The van der Waals surface area contributed by atoms with E-state index in [0.29, 0.717) is 11.1 Å². The van der Waals surface area contributed by atoms with Gasteiger partial charge in [0.05, 0.1) is 21.4 Å². The summed E-state index contributed by atoms with van der Waals surface area (Å²) in [6.45, 7) is 7.09. The van der Waals surface area contributed by atoms with E-state index in [-0.39, 0.29) is 90.0 Å². The van der Waals surface area contributed by atoms with Crippen molar-refractivity contribution in [1.29, 1.82) is 0 Å². The molecular weight excluding hydrogens is 966 g/mol. The number of ether oxygens (including phenoxy) is 3. The monoisotopic (exact) mass is 1010 g/mol. The van der Waals surface area contributed by atoms with Gasteiger partial charge in [0.2, 0.25) is 0 Å². The maximum Gasteiger partial charge on any atom is 0.422 e. The molecule has 2 heterocycles. The lowest BCUT2D eigenvalue weighted by atomic mass is 9.98. The Balaban J connectivity index is 1.23. The fourth-order valence-electron chi connectivity index (χ4n) is 6.62. The summed E-state index contributed by atoms with van der Waals surface area (Å²) in [5.41, 5.74) is -3.56. The average Bonchev–Trinajstić information content (AvgIpc) is 3.17. The van der Waals surface area contributed by atoms with E-state index in [1.807, 2.05) is 0 Å². The first-order valence-electron chi connectivity index (χ1n) is 19.8. The maximum absolute atomic E-state index is 14.8. The largest absolute Gasteiger partial charge is 0.454 e. The molecular formula is C44H42Cl2F2N4O13S2. The van der Waals surface area contributed by atoms with Crippen LogP contribution in [0.15, 0.2) is 91.2 Å². The van der Waals surface area contributed by atoms with Gasteiger partial charge in [0.15, 0.2) is 0 Å². The van der Waals surface area contributed by atoms with Gasteiger partial charge in [-0.3, -0.25) is 9.44 Å². The summed E-state index contributed by atoms with van der Waals surface area (Å²) in [5.74, 6) is -0.227. The number of amides is 2. The van der Waals surface area contributed by atoms with E-state index < -0.39 is 68.4 Å². The van der Waals surface area contributed by atoms with E-state index in [1.165, 1.54) is 60.7 Å². The van der Waals surface area contributed by atoms with Crippen LogP contribution in [0.25, 0.3) is 21.9 Å². The molecule has 4 N–H and O–H groups in total. The van der Waals surface area contributed by atoms with Gasteiger partial charge in [0, 0.05) is 58.0 Å². The molecule has 0 spiro atoms. The van der Waals surface area contributed by atoms with Crippen molar-refractivity contribution in [1.82, 2.24) is 9.44 Å². The molecule has 17 nitrogen and oxygen atoms in total. The van der Waals surface area contributed by atoms with Crippen LogP contribution in [-0.2, 0) is 56.1 Å². The summed E-state index contributed by atoms with van der Waals surface area (Å²) in [7, 11) is -8.86. The quantitative estimate of drug-likeness (QED) is 0.0745. The van der Waals surface area contributed by atoms with Crippen LogP contribution in [0.5, 0.6) is 11.5 Å². The molecule has 0 aliphatic heterocycles. The Morgan fingerprint density at radius 1 is 0.597 bits per heavy atom. The number of nitrogens with one attached hydrogen (secondary N) is 4. The van der Waals surface area contributed by atoms with Crippen molar-refractivity contribution in [3.63, 3.8) is 0 Å². The van der Waals surface area contributed by atoms with Crippen molar-refractivity contribution in [2.24, 2.45) is 0 Å². The summed E-state index contributed by atoms with van der Waals surface area (Å²) in [6.07, 6.45) is -2.81. The molecule has 0 unspecified atom stereocenters. The molecule has 0 aliphatic rings. The molecule has 2 amide bonds. The molecule has 2 aromatic heterocycles. The average molecular weight is 1010 g/mol. The topological polar surface area (TPSA) is 239 Å². The molecule has 356 valence electrons. The fourth-order valence-corrected chi connectivity index (χ4v) is 8.52. The van der Waals surface area contributed by atoms with Crippen LogP contribution < -0.4 is 34.9 Å². The highest BCUT2D eigenvalue weighted by atomic mass is 35.5. The molecule has 0 radical (unpaired) electrons. The second kappa shape index (κ2) is 19.4. The van der Waals surface area contributed by atoms with Crippen LogP contribution in [-0.4, -0.2) is 40.2 Å². The van der Waals surface area contributed by atoms with Crippen LogP contribution in [0.3, 0.4) is 0 Å². The second-order valence-corrected chi connectivity index (χ2v) is 20.4. The molecule has 67 heavy (non-hydrogen) atoms. The normalized spacial score (nSPS) is 12.1. The SMILES string of the molecule is CC(C)(C)OC(=O)NS(=O)(=O)Nc1cccc(Cc2c(CF)c3cc(Cl)c(Oc4cc5oc(=O)c(Cc6cccc(NS(=O)(=O)NC(=O)OC(C)(C)C)c6)c(CF)c5cc4Cl)cc3oc2=O)c1. The van der Waals surface area contributed by atoms with Gasteiger partial charge in [-0.05, 0) is 89.1 Å². The molecule has 6 rings (SSSR count). The third-order valence-corrected chi connectivity index (χ3v) is 11.7. The standard InChI is InChI=1S/C44H42Cl2F2N4O13S2/c1-43(2,3)64-41(55)51-66(57,58)49-25-11-7-9-23(13-25)15-29-31(21-47)27-17-33(45)37(19-35(27)62-39(29)53)61-38-20-36-28(18-34(38)46)32(22-48)30(40(54)63-36)16-24-10-8-12-26(14-24)50-67(59,60)52-42(56)65-44(4,5)6/h7-14,17-20,49-50H,15-16,21-22H2,1-6H3,(H,51,55)(H,52,56). The summed E-state index contributed by atoms with van der Waals surface area (Å²) < 4.78 is 115. The van der Waals surface area contributed by atoms with E-state index in [1.54, 1.807) is 63.1 Å². The van der Waals surface area contributed by atoms with Gasteiger partial charge in [0.25, 0.3) is 0 Å². The molecule has 0 fully saturated rings. The zero-order valence-electron chi connectivity index (χ0n) is 36.4. The first-order valence-corrected chi connectivity index (χ1v) is 23.5. The number of benzene rings is 4. The summed E-state index contributed by atoms with van der Waals surface area (Å²) >= 11 is 13.2. The smallest absolute Gasteiger partial charge is 0.422 e. The van der Waals surface area contributed by atoms with Crippen LogP contribution in [0.2, 0.25) is 10.0 Å². The Hall–Kier alpha value is -6.42. The summed E-state index contributed by atoms with van der Waals surface area (Å²) in [6, 6.07) is 16.7. The highest BCUT2D eigenvalue weighted by Crippen LogP contribution is 2.40. The van der Waals surface area contributed by atoms with Crippen molar-refractivity contribution < 1.29 is 58.3 Å². The number of fused-ring (bicyclic) bond motifs is 2. The van der Waals surface area contributed by atoms with Crippen LogP contribution in [0, 0.1) is 0 Å². The van der Waals surface area contributed by atoms with Gasteiger partial charge >= 0.3 is 43.9 Å². The molecule has 0 bridgehead atoms. The lowest BCUT2D eigenvalue weighted by molar-refractivity contribution is 0.0558. The zero-order chi connectivity index (χ0) is 49.2. The van der Waals surface area contributed by atoms with Gasteiger partial charge in [-0.15, -0.1) is 0 Å². The first-order chi connectivity index (χ1) is 31.2. The van der Waals surface area contributed by atoms with E-state index in [9.17, 15) is 44.8 Å². The minimum Gasteiger partial charge on any atom is -0.454 e. The van der Waals surface area contributed by atoms with Crippen molar-refractivity contribution in [2.45, 2.75) is 78.9 Å². The van der Waals surface area contributed by atoms with Crippen LogP contribution >= 0.6 is 23.2 Å². The number of carbonyl (C=O) groups excluding carboxylic acids is 2. The van der Waals surface area contributed by atoms with Crippen LogP contribution in [0.1, 0.15) is 74.9 Å². The zero-order valence-corrected chi connectivity index (χ0v) is 39.5. The number of hydrogen-bond donors (Lipinski definition) is 4. The summed E-state index contributed by atoms with van der Waals surface area (Å²) in [4.78, 5) is 50.9. The van der Waals surface area contributed by atoms with Crippen molar-refractivity contribution in [3.05, 3.63) is 137 Å². The molecule has 0 saturated heterocycles. The van der Waals surface area contributed by atoms with Crippen molar-refractivity contribution in [3.8, 4) is 11.5 Å². The second-order valence-electron chi connectivity index (χ2n) is 16.8.